The Kier molecular flexibility index (Phi) is 3.26. The third kappa shape index (κ3) is 2.89. The van der Waals surface area contributed by atoms with Crippen molar-refractivity contribution in [2.75, 3.05) is 7.05 Å². The van der Waals surface area contributed by atoms with Crippen molar-refractivity contribution in [3.63, 3.8) is 0 Å². The molecule has 1 aromatic rings. The molecule has 1 heteroatoms. The Bertz CT molecular complexity index is 214. The summed E-state index contributed by atoms with van der Waals surface area (Å²) in [4.78, 5) is 0. The van der Waals surface area contributed by atoms with Crippen LogP contribution in [0.15, 0.2) is 42.6 Å². The van der Waals surface area contributed by atoms with E-state index in [1.807, 2.05) is 19.3 Å². The second-order valence-corrected chi connectivity index (χ2v) is 2.38. The molecule has 11 heavy (non-hydrogen) atoms. The molecule has 0 atom stereocenters. The number of hydrogen-bond acceptors (Lipinski definition) is 1. The lowest BCUT2D eigenvalue weighted by Crippen LogP contribution is -1.91. The second kappa shape index (κ2) is 4.56. The quantitative estimate of drug-likeness (QED) is 0.689. The molecule has 0 aliphatic rings. The van der Waals surface area contributed by atoms with Gasteiger partial charge in [0.05, 0.1) is 0 Å². The van der Waals surface area contributed by atoms with Gasteiger partial charge in [-0.05, 0) is 18.2 Å². The summed E-state index contributed by atoms with van der Waals surface area (Å²) >= 11 is 0. The van der Waals surface area contributed by atoms with Gasteiger partial charge in [-0.3, -0.25) is 0 Å². The van der Waals surface area contributed by atoms with Crippen LogP contribution in [0, 0.1) is 0 Å². The Hall–Kier alpha value is -1.24. The minimum absolute atomic E-state index is 1.00. The van der Waals surface area contributed by atoms with Gasteiger partial charge in [0.2, 0.25) is 0 Å². The van der Waals surface area contributed by atoms with Crippen LogP contribution in [0.1, 0.15) is 5.56 Å². The van der Waals surface area contributed by atoms with E-state index in [-0.39, 0.29) is 0 Å². The fourth-order valence-electron chi connectivity index (χ4n) is 0.927. The topological polar surface area (TPSA) is 12.0 Å². The van der Waals surface area contributed by atoms with Crippen LogP contribution >= 0.6 is 0 Å². The van der Waals surface area contributed by atoms with Crippen molar-refractivity contribution in [2.24, 2.45) is 0 Å². The standard InChI is InChI=1S/C10H13N/c1-11-9-5-8-10-6-3-2-4-7-10/h2-7,9,11H,8H2,1H3/b9-5+. The van der Waals surface area contributed by atoms with Gasteiger partial charge in [0, 0.05) is 7.05 Å². The molecule has 0 heterocycles. The molecule has 58 valence electrons. The van der Waals surface area contributed by atoms with E-state index in [1.54, 1.807) is 0 Å². The highest BCUT2D eigenvalue weighted by Crippen LogP contribution is 1.99. The summed E-state index contributed by atoms with van der Waals surface area (Å²) in [6, 6.07) is 10.4. The summed E-state index contributed by atoms with van der Waals surface area (Å²) in [5.74, 6) is 0. The molecule has 1 nitrogen and oxygen atoms in total. The Balaban J connectivity index is 2.45. The van der Waals surface area contributed by atoms with Crippen LogP contribution in [-0.4, -0.2) is 7.05 Å². The van der Waals surface area contributed by atoms with Crippen molar-refractivity contribution < 1.29 is 0 Å². The molecule has 0 bridgehead atoms. The molecule has 1 aromatic carbocycles. The van der Waals surface area contributed by atoms with E-state index < -0.39 is 0 Å². The minimum atomic E-state index is 1.00. The van der Waals surface area contributed by atoms with E-state index >= 15 is 0 Å². The van der Waals surface area contributed by atoms with Crippen LogP contribution in [0.25, 0.3) is 0 Å². The molecule has 0 saturated carbocycles. The fourth-order valence-corrected chi connectivity index (χ4v) is 0.927. The lowest BCUT2D eigenvalue weighted by atomic mass is 10.1. The van der Waals surface area contributed by atoms with Gasteiger partial charge in [0.1, 0.15) is 0 Å². The third-order valence-electron chi connectivity index (χ3n) is 1.48. The number of allylic oxidation sites excluding steroid dienone is 1. The largest absolute Gasteiger partial charge is 0.394 e. The molecule has 0 aromatic heterocycles. The maximum Gasteiger partial charge on any atom is 0.00276 e. The monoisotopic (exact) mass is 147 g/mol. The van der Waals surface area contributed by atoms with Crippen LogP contribution in [0.2, 0.25) is 0 Å². The van der Waals surface area contributed by atoms with E-state index in [1.165, 1.54) is 5.56 Å². The van der Waals surface area contributed by atoms with Crippen LogP contribution in [0.5, 0.6) is 0 Å². The third-order valence-corrected chi connectivity index (χ3v) is 1.48. The van der Waals surface area contributed by atoms with Crippen molar-refractivity contribution in [3.05, 3.63) is 48.2 Å². The molecule has 1 rings (SSSR count). The van der Waals surface area contributed by atoms with E-state index in [0.29, 0.717) is 0 Å². The van der Waals surface area contributed by atoms with Crippen LogP contribution in [0.4, 0.5) is 0 Å². The highest BCUT2D eigenvalue weighted by atomic mass is 14.8. The summed E-state index contributed by atoms with van der Waals surface area (Å²) < 4.78 is 0. The van der Waals surface area contributed by atoms with Crippen LogP contribution < -0.4 is 5.32 Å². The average molecular weight is 147 g/mol. The Morgan fingerprint density at radius 2 is 2.00 bits per heavy atom. The lowest BCUT2D eigenvalue weighted by Gasteiger charge is -1.93. The predicted molar refractivity (Wildman–Crippen MR) is 48.3 cm³/mol. The number of benzene rings is 1. The number of nitrogens with one attached hydrogen (secondary N) is 1. The summed E-state index contributed by atoms with van der Waals surface area (Å²) in [6.45, 7) is 0. The van der Waals surface area contributed by atoms with Gasteiger partial charge in [-0.1, -0.05) is 36.4 Å². The second-order valence-electron chi connectivity index (χ2n) is 2.38. The summed E-state index contributed by atoms with van der Waals surface area (Å²) in [6.07, 6.45) is 5.06. The first kappa shape index (κ1) is 7.86. The van der Waals surface area contributed by atoms with Gasteiger partial charge in [-0.25, -0.2) is 0 Å². The molecule has 0 spiro atoms. The van der Waals surface area contributed by atoms with Gasteiger partial charge >= 0.3 is 0 Å². The molecule has 0 saturated heterocycles. The minimum Gasteiger partial charge on any atom is -0.394 e. The van der Waals surface area contributed by atoms with E-state index in [4.69, 9.17) is 0 Å². The van der Waals surface area contributed by atoms with E-state index in [2.05, 4.69) is 35.7 Å². The maximum atomic E-state index is 2.96. The first-order valence-corrected chi connectivity index (χ1v) is 3.79. The van der Waals surface area contributed by atoms with Crippen LogP contribution in [-0.2, 0) is 6.42 Å². The normalized spacial score (nSPS) is 10.3. The van der Waals surface area contributed by atoms with Gasteiger partial charge in [-0.15, -0.1) is 0 Å². The van der Waals surface area contributed by atoms with Crippen molar-refractivity contribution in [1.82, 2.24) is 5.32 Å². The average Bonchev–Trinajstić information content (AvgIpc) is 2.07. The smallest absolute Gasteiger partial charge is 0.00276 e. The molecule has 0 amide bonds. The van der Waals surface area contributed by atoms with Crippen molar-refractivity contribution >= 4 is 0 Å². The van der Waals surface area contributed by atoms with E-state index in [0.717, 1.165) is 6.42 Å². The highest BCUT2D eigenvalue weighted by molar-refractivity contribution is 5.17. The molecule has 0 aliphatic heterocycles. The Morgan fingerprint density at radius 3 is 2.64 bits per heavy atom. The molecule has 0 fully saturated rings. The van der Waals surface area contributed by atoms with Crippen molar-refractivity contribution in [1.29, 1.82) is 0 Å². The van der Waals surface area contributed by atoms with Crippen LogP contribution in [0.3, 0.4) is 0 Å². The van der Waals surface area contributed by atoms with E-state index in [9.17, 15) is 0 Å². The van der Waals surface area contributed by atoms with Crippen molar-refractivity contribution in [3.8, 4) is 0 Å². The Labute approximate surface area is 67.8 Å². The fraction of sp³-hybridized carbons (Fsp3) is 0.200. The molecule has 0 unspecified atom stereocenters. The first-order valence-electron chi connectivity index (χ1n) is 3.79. The molecule has 1 N–H and O–H groups in total. The zero-order valence-electron chi connectivity index (χ0n) is 6.75. The van der Waals surface area contributed by atoms with Gasteiger partial charge in [-0.2, -0.15) is 0 Å². The van der Waals surface area contributed by atoms with Gasteiger partial charge < -0.3 is 5.32 Å². The maximum absolute atomic E-state index is 2.96. The molecular weight excluding hydrogens is 134 g/mol. The summed E-state index contributed by atoms with van der Waals surface area (Å²) in [7, 11) is 1.90. The zero-order valence-corrected chi connectivity index (χ0v) is 6.75. The van der Waals surface area contributed by atoms with Gasteiger partial charge in [0.25, 0.3) is 0 Å². The summed E-state index contributed by atoms with van der Waals surface area (Å²) in [5, 5.41) is 2.96. The lowest BCUT2D eigenvalue weighted by molar-refractivity contribution is 1.08. The van der Waals surface area contributed by atoms with Gasteiger partial charge in [0.15, 0.2) is 0 Å². The van der Waals surface area contributed by atoms with Crippen molar-refractivity contribution in [2.45, 2.75) is 6.42 Å². The molecular formula is C10H13N. The summed E-state index contributed by atoms with van der Waals surface area (Å²) in [5.41, 5.74) is 1.35. The highest BCUT2D eigenvalue weighted by Gasteiger charge is 1.83. The predicted octanol–water partition coefficient (Wildman–Crippen LogP) is 1.96. The zero-order chi connectivity index (χ0) is 7.94. The first-order chi connectivity index (χ1) is 5.43. The SMILES string of the molecule is CN/C=C/Cc1ccccc1. The molecule has 0 radical (unpaired) electrons. The Morgan fingerprint density at radius 1 is 1.27 bits per heavy atom. The number of hydrogen-bond donors (Lipinski definition) is 1. The number of rotatable bonds is 3. The molecule has 0 aliphatic carbocycles.